The molecule has 0 aliphatic heterocycles. The summed E-state index contributed by atoms with van der Waals surface area (Å²) in [5.41, 5.74) is 4.62. The average molecular weight is 251 g/mol. The Morgan fingerprint density at radius 3 is 2.69 bits per heavy atom. The zero-order valence-electron chi connectivity index (χ0n) is 8.08. The second-order valence-electron chi connectivity index (χ2n) is 3.02. The number of alkyl halides is 2. The van der Waals surface area contributed by atoms with E-state index in [-0.39, 0.29) is 22.8 Å². The first-order valence-electron chi connectivity index (χ1n) is 4.33. The number of rotatable bonds is 4. The Labute approximate surface area is 95.0 Å². The number of nitrogens with two attached hydrogens (primary N) is 1. The van der Waals surface area contributed by atoms with Crippen LogP contribution in [0.1, 0.15) is 23.2 Å². The number of carboxylic acid groups (broad SMARTS) is 1. The molecular weight excluding hydrogens is 242 g/mol. The summed E-state index contributed by atoms with van der Waals surface area (Å²) >= 11 is 5.65. The third-order valence-corrected chi connectivity index (χ3v) is 2.32. The Balaban J connectivity index is 3.35. The number of carboxylic acids is 1. The Kier molecular flexibility index (Phi) is 4.14. The molecule has 0 amide bonds. The van der Waals surface area contributed by atoms with Crippen LogP contribution in [0.4, 0.5) is 8.78 Å². The van der Waals surface area contributed by atoms with Gasteiger partial charge in [0.2, 0.25) is 0 Å². The molecule has 0 saturated carbocycles. The zero-order chi connectivity index (χ0) is 12.3. The lowest BCUT2D eigenvalue weighted by Gasteiger charge is -2.12. The lowest BCUT2D eigenvalue weighted by Crippen LogP contribution is -2.12. The molecular formula is C9H9ClF2N2O2. The van der Waals surface area contributed by atoms with E-state index in [1.165, 1.54) is 0 Å². The van der Waals surface area contributed by atoms with Crippen LogP contribution in [0, 0.1) is 0 Å². The van der Waals surface area contributed by atoms with Crippen molar-refractivity contribution in [2.45, 2.75) is 19.4 Å². The van der Waals surface area contributed by atoms with Crippen molar-refractivity contribution >= 4 is 17.6 Å². The molecule has 0 radical (unpaired) electrons. The quantitative estimate of drug-likeness (QED) is 0.854. The van der Waals surface area contributed by atoms with Crippen molar-refractivity contribution in [2.75, 3.05) is 0 Å². The Bertz CT molecular complexity index is 413. The molecule has 3 N–H and O–H groups in total. The molecule has 0 spiro atoms. The first kappa shape index (κ1) is 12.8. The third kappa shape index (κ3) is 2.65. The minimum atomic E-state index is -2.85. The maximum absolute atomic E-state index is 12.8. The van der Waals surface area contributed by atoms with Gasteiger partial charge in [0.25, 0.3) is 6.43 Å². The summed E-state index contributed by atoms with van der Waals surface area (Å²) < 4.78 is 25.5. The maximum Gasteiger partial charge on any atom is 0.307 e. The first-order valence-corrected chi connectivity index (χ1v) is 4.71. The fourth-order valence-corrected chi connectivity index (χ4v) is 1.55. The molecule has 0 aliphatic carbocycles. The van der Waals surface area contributed by atoms with Gasteiger partial charge in [-0.1, -0.05) is 11.6 Å². The van der Waals surface area contributed by atoms with Crippen LogP contribution in [0.5, 0.6) is 0 Å². The third-order valence-electron chi connectivity index (χ3n) is 2.00. The lowest BCUT2D eigenvalue weighted by molar-refractivity contribution is -0.136. The second-order valence-corrected chi connectivity index (χ2v) is 3.43. The molecule has 0 aliphatic rings. The number of carbonyl (C=O) groups is 1. The highest BCUT2D eigenvalue weighted by atomic mass is 35.5. The lowest BCUT2D eigenvalue weighted by atomic mass is 10.0. The van der Waals surface area contributed by atoms with Gasteiger partial charge in [-0.2, -0.15) is 0 Å². The molecule has 0 bridgehead atoms. The van der Waals surface area contributed by atoms with E-state index in [0.717, 1.165) is 6.20 Å². The summed E-state index contributed by atoms with van der Waals surface area (Å²) in [7, 11) is 0. The monoisotopic (exact) mass is 250 g/mol. The molecule has 88 valence electrons. The van der Waals surface area contributed by atoms with E-state index in [9.17, 15) is 13.6 Å². The van der Waals surface area contributed by atoms with Crippen molar-refractivity contribution in [1.82, 2.24) is 4.98 Å². The highest BCUT2D eigenvalue weighted by Crippen LogP contribution is 2.30. The second kappa shape index (κ2) is 5.18. The molecule has 1 aromatic heterocycles. The minimum Gasteiger partial charge on any atom is -0.481 e. The van der Waals surface area contributed by atoms with Gasteiger partial charge in [0.05, 0.1) is 17.1 Å². The summed E-state index contributed by atoms with van der Waals surface area (Å²) in [6.45, 7) is -0.191. The molecule has 0 saturated heterocycles. The van der Waals surface area contributed by atoms with Crippen molar-refractivity contribution in [2.24, 2.45) is 5.73 Å². The number of aromatic nitrogens is 1. The van der Waals surface area contributed by atoms with Crippen LogP contribution in [0.2, 0.25) is 5.02 Å². The van der Waals surface area contributed by atoms with Crippen LogP contribution < -0.4 is 5.73 Å². The average Bonchev–Trinajstić information content (AvgIpc) is 2.19. The fourth-order valence-electron chi connectivity index (χ4n) is 1.34. The van der Waals surface area contributed by atoms with E-state index in [1.54, 1.807) is 0 Å². The topological polar surface area (TPSA) is 76.2 Å². The molecule has 0 fully saturated rings. The van der Waals surface area contributed by atoms with E-state index >= 15 is 0 Å². The van der Waals surface area contributed by atoms with Crippen molar-refractivity contribution in [1.29, 1.82) is 0 Å². The van der Waals surface area contributed by atoms with Gasteiger partial charge in [0.1, 0.15) is 0 Å². The van der Waals surface area contributed by atoms with Gasteiger partial charge < -0.3 is 10.8 Å². The fraction of sp³-hybridized carbons (Fsp3) is 0.333. The van der Waals surface area contributed by atoms with Crippen molar-refractivity contribution in [3.05, 3.63) is 28.0 Å². The SMILES string of the molecule is NCc1ncc(Cl)c(CC(=O)O)c1C(F)F. The first-order chi connectivity index (χ1) is 7.47. The number of hydrogen-bond donors (Lipinski definition) is 2. The smallest absolute Gasteiger partial charge is 0.307 e. The molecule has 1 aromatic rings. The highest BCUT2D eigenvalue weighted by molar-refractivity contribution is 6.31. The van der Waals surface area contributed by atoms with Crippen molar-refractivity contribution in [3.8, 4) is 0 Å². The normalized spacial score (nSPS) is 10.8. The van der Waals surface area contributed by atoms with Crippen molar-refractivity contribution < 1.29 is 18.7 Å². The van der Waals surface area contributed by atoms with E-state index in [2.05, 4.69) is 4.98 Å². The largest absolute Gasteiger partial charge is 0.481 e. The van der Waals surface area contributed by atoms with E-state index in [4.69, 9.17) is 22.4 Å². The van der Waals surface area contributed by atoms with E-state index < -0.39 is 24.4 Å². The Morgan fingerprint density at radius 1 is 1.62 bits per heavy atom. The van der Waals surface area contributed by atoms with Crippen molar-refractivity contribution in [3.63, 3.8) is 0 Å². The van der Waals surface area contributed by atoms with Gasteiger partial charge in [0, 0.05) is 18.3 Å². The van der Waals surface area contributed by atoms with Gasteiger partial charge in [-0.15, -0.1) is 0 Å². The predicted octanol–water partition coefficient (Wildman–Crippen LogP) is 1.76. The number of aliphatic carboxylic acids is 1. The number of hydrogen-bond acceptors (Lipinski definition) is 3. The van der Waals surface area contributed by atoms with Crippen LogP contribution in [-0.4, -0.2) is 16.1 Å². The summed E-state index contributed by atoms with van der Waals surface area (Å²) in [5, 5.41) is 8.52. The van der Waals surface area contributed by atoms with Gasteiger partial charge in [0.15, 0.2) is 0 Å². The Hall–Kier alpha value is -1.27. The van der Waals surface area contributed by atoms with Crippen LogP contribution in [0.15, 0.2) is 6.20 Å². The molecule has 1 heterocycles. The summed E-state index contributed by atoms with van der Waals surface area (Å²) in [6, 6.07) is 0. The molecule has 7 heteroatoms. The minimum absolute atomic E-state index is 0.0318. The van der Waals surface area contributed by atoms with E-state index in [0.29, 0.717) is 0 Å². The van der Waals surface area contributed by atoms with Gasteiger partial charge in [-0.05, 0) is 5.56 Å². The molecule has 1 rings (SSSR count). The molecule has 0 unspecified atom stereocenters. The number of halogens is 3. The molecule has 16 heavy (non-hydrogen) atoms. The highest BCUT2D eigenvalue weighted by Gasteiger charge is 2.22. The number of pyridine rings is 1. The van der Waals surface area contributed by atoms with Crippen LogP contribution in [-0.2, 0) is 17.8 Å². The van der Waals surface area contributed by atoms with E-state index in [1.807, 2.05) is 0 Å². The standard InChI is InChI=1S/C9H9ClF2N2O2/c10-5-3-14-6(2-13)8(9(11)12)4(5)1-7(15)16/h3,9H,1-2,13H2,(H,15,16). The predicted molar refractivity (Wildman–Crippen MR) is 53.4 cm³/mol. The summed E-state index contributed by atoms with van der Waals surface area (Å²) in [4.78, 5) is 14.2. The maximum atomic E-state index is 12.8. The van der Waals surface area contributed by atoms with Gasteiger partial charge in [-0.25, -0.2) is 8.78 Å². The van der Waals surface area contributed by atoms with Gasteiger partial charge >= 0.3 is 5.97 Å². The summed E-state index contributed by atoms with van der Waals surface area (Å²) in [6.07, 6.45) is -2.29. The van der Waals surface area contributed by atoms with Crippen LogP contribution in [0.3, 0.4) is 0 Å². The van der Waals surface area contributed by atoms with Crippen LogP contribution >= 0.6 is 11.6 Å². The molecule has 0 aromatic carbocycles. The van der Waals surface area contributed by atoms with Gasteiger partial charge in [-0.3, -0.25) is 9.78 Å². The molecule has 4 nitrogen and oxygen atoms in total. The number of nitrogens with zero attached hydrogens (tertiary/aromatic N) is 1. The van der Waals surface area contributed by atoms with Crippen LogP contribution in [0.25, 0.3) is 0 Å². The molecule has 0 atom stereocenters. The zero-order valence-corrected chi connectivity index (χ0v) is 8.84. The summed E-state index contributed by atoms with van der Waals surface area (Å²) in [5.74, 6) is -1.24. The Morgan fingerprint density at radius 2 is 2.25 bits per heavy atom.